The molecule has 0 aliphatic heterocycles. The second kappa shape index (κ2) is 5.85. The summed E-state index contributed by atoms with van der Waals surface area (Å²) < 4.78 is 31.7. The lowest BCUT2D eigenvalue weighted by Gasteiger charge is -2.34. The number of hydrogen-bond acceptors (Lipinski definition) is 4. The average molecular weight is 312 g/mol. The highest BCUT2D eigenvalue weighted by Crippen LogP contribution is 2.37. The van der Waals surface area contributed by atoms with Gasteiger partial charge in [-0.05, 0) is 50.3 Å². The number of hydrogen-bond donors (Lipinski definition) is 2. The SMILES string of the molecule is CNS(=O)(=O)c1ccc(OC2CCC(C)(C)CC2)cc1N. The molecule has 0 heterocycles. The van der Waals surface area contributed by atoms with Gasteiger partial charge in [0, 0.05) is 6.07 Å². The molecule has 0 radical (unpaired) electrons. The molecule has 0 atom stereocenters. The molecular weight excluding hydrogens is 288 g/mol. The number of rotatable bonds is 4. The van der Waals surface area contributed by atoms with Crippen molar-refractivity contribution in [2.75, 3.05) is 12.8 Å². The zero-order chi connectivity index (χ0) is 15.7. The van der Waals surface area contributed by atoms with E-state index in [1.807, 2.05) is 0 Å². The Bertz CT molecular complexity index is 601. The van der Waals surface area contributed by atoms with E-state index in [0.717, 1.165) is 25.7 Å². The van der Waals surface area contributed by atoms with Gasteiger partial charge in [0.1, 0.15) is 10.6 Å². The summed E-state index contributed by atoms with van der Waals surface area (Å²) in [6.45, 7) is 4.55. The molecule has 1 fully saturated rings. The second-order valence-corrected chi connectivity index (χ2v) is 8.24. The van der Waals surface area contributed by atoms with Crippen molar-refractivity contribution in [3.8, 4) is 5.75 Å². The number of nitrogens with one attached hydrogen (secondary N) is 1. The Hall–Kier alpha value is -1.27. The topological polar surface area (TPSA) is 81.4 Å². The third-order valence-electron chi connectivity index (χ3n) is 4.13. The first kappa shape index (κ1) is 16.1. The van der Waals surface area contributed by atoms with Gasteiger partial charge in [-0.15, -0.1) is 0 Å². The Kier molecular flexibility index (Phi) is 4.49. The van der Waals surface area contributed by atoms with E-state index in [9.17, 15) is 8.42 Å². The maximum atomic E-state index is 11.8. The van der Waals surface area contributed by atoms with E-state index < -0.39 is 10.0 Å². The minimum atomic E-state index is -3.52. The standard InChI is InChI=1S/C15H24N2O3S/c1-15(2)8-6-11(7-9-15)20-12-4-5-14(13(16)10-12)21(18,19)17-3/h4-5,10-11,17H,6-9,16H2,1-3H3. The van der Waals surface area contributed by atoms with Crippen LogP contribution in [0.15, 0.2) is 23.1 Å². The zero-order valence-corrected chi connectivity index (χ0v) is 13.7. The van der Waals surface area contributed by atoms with Crippen molar-refractivity contribution >= 4 is 15.7 Å². The summed E-state index contributed by atoms with van der Waals surface area (Å²) in [7, 11) is -2.16. The van der Waals surface area contributed by atoms with Gasteiger partial charge in [0.2, 0.25) is 10.0 Å². The van der Waals surface area contributed by atoms with E-state index in [1.54, 1.807) is 12.1 Å². The molecule has 0 amide bonds. The fraction of sp³-hybridized carbons (Fsp3) is 0.600. The molecule has 21 heavy (non-hydrogen) atoms. The molecule has 1 aromatic carbocycles. The first-order valence-corrected chi connectivity index (χ1v) is 8.71. The van der Waals surface area contributed by atoms with Crippen molar-refractivity contribution in [1.29, 1.82) is 0 Å². The summed E-state index contributed by atoms with van der Waals surface area (Å²) in [5.74, 6) is 0.632. The maximum Gasteiger partial charge on any atom is 0.242 e. The van der Waals surface area contributed by atoms with Crippen LogP contribution in [-0.2, 0) is 10.0 Å². The molecule has 6 heteroatoms. The highest BCUT2D eigenvalue weighted by molar-refractivity contribution is 7.89. The van der Waals surface area contributed by atoms with E-state index >= 15 is 0 Å². The van der Waals surface area contributed by atoms with Crippen LogP contribution >= 0.6 is 0 Å². The number of sulfonamides is 1. The van der Waals surface area contributed by atoms with Gasteiger partial charge in [-0.25, -0.2) is 13.1 Å². The summed E-state index contributed by atoms with van der Waals surface area (Å²) in [6, 6.07) is 4.74. The number of nitrogen functional groups attached to an aromatic ring is 1. The van der Waals surface area contributed by atoms with Gasteiger partial charge in [0.15, 0.2) is 0 Å². The first-order valence-electron chi connectivity index (χ1n) is 7.23. The molecule has 1 aliphatic carbocycles. The molecule has 2 rings (SSSR count). The lowest BCUT2D eigenvalue weighted by atomic mass is 9.76. The molecule has 1 aromatic rings. The molecule has 3 N–H and O–H groups in total. The smallest absolute Gasteiger partial charge is 0.242 e. The Labute approximate surface area is 126 Å². The minimum absolute atomic E-state index is 0.0853. The molecule has 0 saturated heterocycles. The highest BCUT2D eigenvalue weighted by atomic mass is 32.2. The molecule has 118 valence electrons. The monoisotopic (exact) mass is 312 g/mol. The first-order chi connectivity index (χ1) is 9.73. The molecule has 1 aliphatic rings. The van der Waals surface area contributed by atoms with Crippen molar-refractivity contribution in [2.24, 2.45) is 5.41 Å². The van der Waals surface area contributed by atoms with Crippen LogP contribution < -0.4 is 15.2 Å². The van der Waals surface area contributed by atoms with E-state index in [4.69, 9.17) is 10.5 Å². The average Bonchev–Trinajstić information content (AvgIpc) is 2.41. The van der Waals surface area contributed by atoms with Crippen LogP contribution in [0.1, 0.15) is 39.5 Å². The Morgan fingerprint density at radius 2 is 1.90 bits per heavy atom. The predicted molar refractivity (Wildman–Crippen MR) is 83.8 cm³/mol. The van der Waals surface area contributed by atoms with Gasteiger partial charge in [-0.2, -0.15) is 0 Å². The van der Waals surface area contributed by atoms with Crippen LogP contribution in [0.4, 0.5) is 5.69 Å². The predicted octanol–water partition coefficient (Wildman–Crippen LogP) is 2.52. The van der Waals surface area contributed by atoms with Gasteiger partial charge >= 0.3 is 0 Å². The Morgan fingerprint density at radius 3 is 2.43 bits per heavy atom. The maximum absolute atomic E-state index is 11.8. The molecule has 0 unspecified atom stereocenters. The number of ether oxygens (including phenoxy) is 1. The minimum Gasteiger partial charge on any atom is -0.490 e. The van der Waals surface area contributed by atoms with Crippen molar-refractivity contribution in [1.82, 2.24) is 4.72 Å². The number of benzene rings is 1. The molecule has 0 spiro atoms. The normalized spacial score (nSPS) is 19.4. The molecule has 0 bridgehead atoms. The van der Waals surface area contributed by atoms with Crippen molar-refractivity contribution in [3.05, 3.63) is 18.2 Å². The fourth-order valence-electron chi connectivity index (χ4n) is 2.64. The van der Waals surface area contributed by atoms with Crippen molar-refractivity contribution < 1.29 is 13.2 Å². The van der Waals surface area contributed by atoms with Crippen molar-refractivity contribution in [3.63, 3.8) is 0 Å². The van der Waals surface area contributed by atoms with Crippen LogP contribution in [0.3, 0.4) is 0 Å². The van der Waals surface area contributed by atoms with Gasteiger partial charge in [-0.1, -0.05) is 13.8 Å². The van der Waals surface area contributed by atoms with Crippen LogP contribution in [0.5, 0.6) is 5.75 Å². The second-order valence-electron chi connectivity index (χ2n) is 6.39. The Morgan fingerprint density at radius 1 is 1.29 bits per heavy atom. The van der Waals surface area contributed by atoms with Crippen molar-refractivity contribution in [2.45, 2.75) is 50.5 Å². The highest BCUT2D eigenvalue weighted by Gasteiger charge is 2.28. The largest absolute Gasteiger partial charge is 0.490 e. The summed E-state index contributed by atoms with van der Waals surface area (Å²) in [5, 5.41) is 0. The van der Waals surface area contributed by atoms with E-state index in [-0.39, 0.29) is 16.7 Å². The summed E-state index contributed by atoms with van der Waals surface area (Å²) in [5.41, 5.74) is 6.43. The fourth-order valence-corrected chi connectivity index (χ4v) is 3.47. The third kappa shape index (κ3) is 3.89. The number of nitrogens with two attached hydrogens (primary N) is 1. The van der Waals surface area contributed by atoms with Crippen LogP contribution in [0.2, 0.25) is 0 Å². The van der Waals surface area contributed by atoms with Crippen LogP contribution in [0.25, 0.3) is 0 Å². The lowest BCUT2D eigenvalue weighted by molar-refractivity contribution is 0.0988. The van der Waals surface area contributed by atoms with Crippen LogP contribution in [-0.4, -0.2) is 21.6 Å². The van der Waals surface area contributed by atoms with Gasteiger partial charge in [-0.3, -0.25) is 0 Å². The molecule has 0 aromatic heterocycles. The Balaban J connectivity index is 2.08. The van der Waals surface area contributed by atoms with Gasteiger partial charge in [0.05, 0.1) is 11.8 Å². The summed E-state index contributed by atoms with van der Waals surface area (Å²) >= 11 is 0. The summed E-state index contributed by atoms with van der Waals surface area (Å²) in [4.78, 5) is 0.0853. The zero-order valence-electron chi connectivity index (χ0n) is 12.8. The van der Waals surface area contributed by atoms with E-state index in [0.29, 0.717) is 11.2 Å². The quantitative estimate of drug-likeness (QED) is 0.837. The van der Waals surface area contributed by atoms with E-state index in [1.165, 1.54) is 13.1 Å². The van der Waals surface area contributed by atoms with Gasteiger partial charge in [0.25, 0.3) is 0 Å². The van der Waals surface area contributed by atoms with E-state index in [2.05, 4.69) is 18.6 Å². The molecular formula is C15H24N2O3S. The number of anilines is 1. The van der Waals surface area contributed by atoms with Crippen LogP contribution in [0, 0.1) is 5.41 Å². The molecule has 5 nitrogen and oxygen atoms in total. The third-order valence-corrected chi connectivity index (χ3v) is 5.62. The summed E-state index contributed by atoms with van der Waals surface area (Å²) in [6.07, 6.45) is 4.50. The van der Waals surface area contributed by atoms with Gasteiger partial charge < -0.3 is 10.5 Å². The molecule has 1 saturated carbocycles. The lowest BCUT2D eigenvalue weighted by Crippen LogP contribution is -2.28.